The van der Waals surface area contributed by atoms with Crippen LogP contribution in [0.15, 0.2) is 72.8 Å². The molecule has 0 amide bonds. The second-order valence-electron chi connectivity index (χ2n) is 6.96. The van der Waals surface area contributed by atoms with Crippen LogP contribution in [0.1, 0.15) is 11.1 Å². The molecule has 1 N–H and O–H groups in total. The number of benzene rings is 3. The summed E-state index contributed by atoms with van der Waals surface area (Å²) in [6.45, 7) is 1.74. The zero-order valence-electron chi connectivity index (χ0n) is 15.3. The first-order valence-corrected chi connectivity index (χ1v) is 9.37. The number of fused-ring (bicyclic) bond motifs is 2. The molecule has 1 aliphatic rings. The highest BCUT2D eigenvalue weighted by Gasteiger charge is 2.20. The number of halogens is 1. The van der Waals surface area contributed by atoms with Gasteiger partial charge in [-0.2, -0.15) is 4.98 Å². The number of hydrogen-bond acceptors (Lipinski definition) is 4. The molecular formula is C23H19FN4. The van der Waals surface area contributed by atoms with Crippen LogP contribution in [0.3, 0.4) is 0 Å². The predicted octanol–water partition coefficient (Wildman–Crippen LogP) is 5.08. The van der Waals surface area contributed by atoms with Crippen molar-refractivity contribution < 1.29 is 4.39 Å². The van der Waals surface area contributed by atoms with E-state index in [9.17, 15) is 4.39 Å². The maximum atomic E-state index is 13.2. The zero-order valence-corrected chi connectivity index (χ0v) is 15.3. The Morgan fingerprint density at radius 3 is 2.43 bits per heavy atom. The molecule has 0 spiro atoms. The fourth-order valence-electron chi connectivity index (χ4n) is 3.70. The van der Waals surface area contributed by atoms with E-state index in [2.05, 4.69) is 45.5 Å². The summed E-state index contributed by atoms with van der Waals surface area (Å²) < 4.78 is 13.2. The van der Waals surface area contributed by atoms with Crippen molar-refractivity contribution in [3.8, 4) is 0 Å². The van der Waals surface area contributed by atoms with Crippen molar-refractivity contribution in [3.05, 3.63) is 89.7 Å². The molecule has 1 aliphatic heterocycles. The van der Waals surface area contributed by atoms with Crippen LogP contribution in [-0.4, -0.2) is 16.5 Å². The third-order valence-electron chi connectivity index (χ3n) is 5.11. The van der Waals surface area contributed by atoms with Crippen LogP contribution in [-0.2, 0) is 13.0 Å². The van der Waals surface area contributed by atoms with Crippen molar-refractivity contribution in [3.63, 3.8) is 0 Å². The SMILES string of the molecule is Fc1ccc(Nc2nc(N3CCc4ccccc4C3)c3ccccc3n2)cc1. The second-order valence-corrected chi connectivity index (χ2v) is 6.96. The lowest BCUT2D eigenvalue weighted by Gasteiger charge is -2.30. The lowest BCUT2D eigenvalue weighted by Crippen LogP contribution is -2.31. The van der Waals surface area contributed by atoms with Crippen molar-refractivity contribution in [2.75, 3.05) is 16.8 Å². The number of nitrogens with zero attached hydrogens (tertiary/aromatic N) is 3. The third kappa shape index (κ3) is 3.16. The summed E-state index contributed by atoms with van der Waals surface area (Å²) in [5.41, 5.74) is 4.38. The van der Waals surface area contributed by atoms with Crippen molar-refractivity contribution in [1.29, 1.82) is 0 Å². The van der Waals surface area contributed by atoms with E-state index in [0.29, 0.717) is 5.95 Å². The highest BCUT2D eigenvalue weighted by molar-refractivity contribution is 5.91. The minimum Gasteiger partial charge on any atom is -0.351 e. The van der Waals surface area contributed by atoms with Gasteiger partial charge in [0.25, 0.3) is 0 Å². The summed E-state index contributed by atoms with van der Waals surface area (Å²) >= 11 is 0. The Bertz CT molecular complexity index is 1140. The van der Waals surface area contributed by atoms with Gasteiger partial charge in [-0.3, -0.25) is 0 Å². The molecule has 1 aromatic heterocycles. The van der Waals surface area contributed by atoms with Crippen LogP contribution in [0.4, 0.5) is 21.8 Å². The van der Waals surface area contributed by atoms with Crippen LogP contribution >= 0.6 is 0 Å². The molecule has 0 aliphatic carbocycles. The third-order valence-corrected chi connectivity index (χ3v) is 5.11. The Labute approximate surface area is 162 Å². The average Bonchev–Trinajstić information content (AvgIpc) is 2.74. The molecule has 5 heteroatoms. The number of nitrogens with one attached hydrogen (secondary N) is 1. The van der Waals surface area contributed by atoms with Crippen LogP contribution in [0.25, 0.3) is 10.9 Å². The van der Waals surface area contributed by atoms with E-state index in [4.69, 9.17) is 4.98 Å². The molecule has 138 valence electrons. The van der Waals surface area contributed by atoms with E-state index in [1.807, 2.05) is 18.2 Å². The minimum absolute atomic E-state index is 0.266. The molecular weight excluding hydrogens is 351 g/mol. The largest absolute Gasteiger partial charge is 0.351 e. The molecule has 4 aromatic rings. The van der Waals surface area contributed by atoms with Crippen molar-refractivity contribution in [2.45, 2.75) is 13.0 Å². The quantitative estimate of drug-likeness (QED) is 0.546. The second kappa shape index (κ2) is 6.93. The lowest BCUT2D eigenvalue weighted by atomic mass is 10.00. The molecule has 0 radical (unpaired) electrons. The van der Waals surface area contributed by atoms with Crippen molar-refractivity contribution >= 4 is 28.4 Å². The van der Waals surface area contributed by atoms with Gasteiger partial charge in [-0.1, -0.05) is 36.4 Å². The smallest absolute Gasteiger partial charge is 0.229 e. The van der Waals surface area contributed by atoms with E-state index in [1.54, 1.807) is 12.1 Å². The van der Waals surface area contributed by atoms with Crippen LogP contribution in [0.2, 0.25) is 0 Å². The maximum absolute atomic E-state index is 13.2. The molecule has 2 heterocycles. The van der Waals surface area contributed by atoms with Gasteiger partial charge in [-0.15, -0.1) is 0 Å². The Morgan fingerprint density at radius 2 is 1.57 bits per heavy atom. The molecule has 4 nitrogen and oxygen atoms in total. The summed E-state index contributed by atoms with van der Waals surface area (Å²) in [4.78, 5) is 11.8. The monoisotopic (exact) mass is 370 g/mol. The van der Waals surface area contributed by atoms with E-state index in [0.717, 1.165) is 41.9 Å². The molecule has 0 saturated heterocycles. The summed E-state index contributed by atoms with van der Waals surface area (Å²) in [5.74, 6) is 1.17. The number of hydrogen-bond donors (Lipinski definition) is 1. The van der Waals surface area contributed by atoms with E-state index >= 15 is 0 Å². The first-order chi connectivity index (χ1) is 13.8. The lowest BCUT2D eigenvalue weighted by molar-refractivity contribution is 0.628. The Morgan fingerprint density at radius 1 is 0.821 bits per heavy atom. The Kier molecular flexibility index (Phi) is 4.13. The summed E-state index contributed by atoms with van der Waals surface area (Å²) in [6.07, 6.45) is 0.995. The topological polar surface area (TPSA) is 41.1 Å². The molecule has 0 unspecified atom stereocenters. The van der Waals surface area contributed by atoms with Gasteiger partial charge in [0.15, 0.2) is 0 Å². The van der Waals surface area contributed by atoms with Gasteiger partial charge in [0.2, 0.25) is 5.95 Å². The van der Waals surface area contributed by atoms with Gasteiger partial charge in [-0.05, 0) is 53.9 Å². The minimum atomic E-state index is -0.266. The van der Waals surface area contributed by atoms with Gasteiger partial charge >= 0.3 is 0 Å². The highest BCUT2D eigenvalue weighted by atomic mass is 19.1. The summed E-state index contributed by atoms with van der Waals surface area (Å²) in [7, 11) is 0. The molecule has 0 atom stereocenters. The normalized spacial score (nSPS) is 13.4. The number of rotatable bonds is 3. The number of aromatic nitrogens is 2. The summed E-state index contributed by atoms with van der Waals surface area (Å²) in [5, 5.41) is 4.24. The van der Waals surface area contributed by atoms with Gasteiger partial charge < -0.3 is 10.2 Å². The average molecular weight is 370 g/mol. The first kappa shape index (κ1) is 16.7. The predicted molar refractivity (Wildman–Crippen MR) is 110 cm³/mol. The fraction of sp³-hybridized carbons (Fsp3) is 0.130. The molecule has 28 heavy (non-hydrogen) atoms. The van der Waals surface area contributed by atoms with Gasteiger partial charge in [0.05, 0.1) is 5.52 Å². The maximum Gasteiger partial charge on any atom is 0.229 e. The van der Waals surface area contributed by atoms with Gasteiger partial charge in [0.1, 0.15) is 11.6 Å². The summed E-state index contributed by atoms with van der Waals surface area (Å²) in [6, 6.07) is 22.8. The van der Waals surface area contributed by atoms with Crippen LogP contribution < -0.4 is 10.2 Å². The Balaban J connectivity index is 1.55. The van der Waals surface area contributed by atoms with Crippen molar-refractivity contribution in [1.82, 2.24) is 9.97 Å². The Hall–Kier alpha value is -3.47. The highest BCUT2D eigenvalue weighted by Crippen LogP contribution is 2.30. The molecule has 0 bridgehead atoms. The molecule has 0 fully saturated rings. The molecule has 0 saturated carbocycles. The molecule has 3 aromatic carbocycles. The van der Waals surface area contributed by atoms with Gasteiger partial charge in [-0.25, -0.2) is 9.37 Å². The van der Waals surface area contributed by atoms with E-state index in [-0.39, 0.29) is 5.82 Å². The fourth-order valence-corrected chi connectivity index (χ4v) is 3.70. The standard InChI is InChI=1S/C23H19FN4/c24-18-9-11-19(12-10-18)25-23-26-21-8-4-3-7-20(21)22(27-23)28-14-13-16-5-1-2-6-17(16)15-28/h1-12H,13-15H2,(H,25,26,27). The van der Waals surface area contributed by atoms with Crippen molar-refractivity contribution in [2.24, 2.45) is 0 Å². The van der Waals surface area contributed by atoms with E-state index < -0.39 is 0 Å². The number of anilines is 3. The number of para-hydroxylation sites is 1. The van der Waals surface area contributed by atoms with E-state index in [1.165, 1.54) is 23.3 Å². The van der Waals surface area contributed by atoms with Crippen LogP contribution in [0.5, 0.6) is 0 Å². The molecule has 5 rings (SSSR count). The van der Waals surface area contributed by atoms with Gasteiger partial charge in [0, 0.05) is 24.2 Å². The first-order valence-electron chi connectivity index (χ1n) is 9.37. The van der Waals surface area contributed by atoms with Crippen LogP contribution in [0, 0.1) is 5.82 Å². The zero-order chi connectivity index (χ0) is 18.9.